The van der Waals surface area contributed by atoms with Crippen LogP contribution in [0.3, 0.4) is 0 Å². The van der Waals surface area contributed by atoms with E-state index in [1.165, 1.54) is 0 Å². The molecule has 21 heavy (non-hydrogen) atoms. The number of carbonyl (C=O) groups excluding carboxylic acids is 1. The van der Waals surface area contributed by atoms with Gasteiger partial charge in [-0.3, -0.25) is 10.1 Å². The van der Waals surface area contributed by atoms with Crippen molar-refractivity contribution in [3.05, 3.63) is 47.8 Å². The number of carbonyl (C=O) groups is 1. The number of fused-ring (bicyclic) bond motifs is 1. The molecule has 0 radical (unpaired) electrons. The monoisotopic (exact) mass is 284 g/mol. The second-order valence-electron chi connectivity index (χ2n) is 4.99. The van der Waals surface area contributed by atoms with Crippen molar-refractivity contribution in [2.75, 3.05) is 5.32 Å². The summed E-state index contributed by atoms with van der Waals surface area (Å²) in [6.45, 7) is 1.78. The molecule has 0 spiro atoms. The maximum atomic E-state index is 12.0. The van der Waals surface area contributed by atoms with E-state index < -0.39 is 6.04 Å². The maximum absolute atomic E-state index is 12.0. The summed E-state index contributed by atoms with van der Waals surface area (Å²) in [6, 6.07) is 8.91. The summed E-state index contributed by atoms with van der Waals surface area (Å²) in [5, 5.41) is 7.41. The first-order valence-electron chi connectivity index (χ1n) is 6.68. The van der Waals surface area contributed by atoms with Crippen LogP contribution < -0.4 is 11.1 Å². The van der Waals surface area contributed by atoms with Gasteiger partial charge in [-0.05, 0) is 25.0 Å². The molecular formula is C15H16N4O2. The first-order chi connectivity index (χ1) is 10.1. The molecule has 2 aromatic heterocycles. The van der Waals surface area contributed by atoms with Crippen LogP contribution in [-0.4, -0.2) is 22.1 Å². The number of hydrogen-bond donors (Lipinski definition) is 3. The maximum Gasteiger partial charge on any atom is 0.244 e. The zero-order valence-corrected chi connectivity index (χ0v) is 11.6. The van der Waals surface area contributed by atoms with E-state index in [1.54, 1.807) is 13.0 Å². The van der Waals surface area contributed by atoms with Crippen LogP contribution in [0.1, 0.15) is 11.3 Å². The number of anilines is 1. The van der Waals surface area contributed by atoms with E-state index in [-0.39, 0.29) is 5.91 Å². The molecule has 0 bridgehead atoms. The van der Waals surface area contributed by atoms with E-state index in [0.717, 1.165) is 16.5 Å². The second-order valence-corrected chi connectivity index (χ2v) is 4.99. The molecule has 1 atom stereocenters. The van der Waals surface area contributed by atoms with Gasteiger partial charge in [-0.15, -0.1) is 0 Å². The summed E-state index contributed by atoms with van der Waals surface area (Å²) in [7, 11) is 0. The SMILES string of the molecule is Cc1cc(NC(=O)C(N)Cc2c[nH]c3ccccc23)on1. The van der Waals surface area contributed by atoms with Gasteiger partial charge in [0.15, 0.2) is 0 Å². The lowest BCUT2D eigenvalue weighted by Gasteiger charge is -2.09. The van der Waals surface area contributed by atoms with Gasteiger partial charge in [0.25, 0.3) is 0 Å². The van der Waals surface area contributed by atoms with Crippen molar-refractivity contribution in [2.24, 2.45) is 5.73 Å². The number of nitrogens with zero attached hydrogens (tertiary/aromatic N) is 1. The normalized spacial score (nSPS) is 12.5. The van der Waals surface area contributed by atoms with Gasteiger partial charge < -0.3 is 15.2 Å². The molecule has 0 aliphatic heterocycles. The Labute approximate surface area is 121 Å². The van der Waals surface area contributed by atoms with E-state index >= 15 is 0 Å². The minimum absolute atomic E-state index is 0.295. The van der Waals surface area contributed by atoms with Crippen LogP contribution in [0, 0.1) is 6.92 Å². The van der Waals surface area contributed by atoms with Gasteiger partial charge in [0, 0.05) is 23.2 Å². The lowest BCUT2D eigenvalue weighted by Crippen LogP contribution is -2.37. The predicted octanol–water partition coefficient (Wildman–Crippen LogP) is 1.97. The van der Waals surface area contributed by atoms with Crippen LogP contribution in [0.5, 0.6) is 0 Å². The number of H-pyrrole nitrogens is 1. The van der Waals surface area contributed by atoms with Crippen LogP contribution in [0.4, 0.5) is 5.88 Å². The highest BCUT2D eigenvalue weighted by Crippen LogP contribution is 2.19. The highest BCUT2D eigenvalue weighted by atomic mass is 16.5. The number of aryl methyl sites for hydroxylation is 1. The molecular weight excluding hydrogens is 268 g/mol. The zero-order chi connectivity index (χ0) is 14.8. The fourth-order valence-electron chi connectivity index (χ4n) is 2.27. The number of amides is 1. The molecule has 1 amide bonds. The molecule has 1 aromatic carbocycles. The number of nitrogens with one attached hydrogen (secondary N) is 2. The molecule has 0 aliphatic rings. The Morgan fingerprint density at radius 1 is 1.48 bits per heavy atom. The zero-order valence-electron chi connectivity index (χ0n) is 11.6. The third-order valence-electron chi connectivity index (χ3n) is 3.33. The Morgan fingerprint density at radius 3 is 3.05 bits per heavy atom. The highest BCUT2D eigenvalue weighted by molar-refractivity contribution is 5.94. The Morgan fingerprint density at radius 2 is 2.29 bits per heavy atom. The van der Waals surface area contributed by atoms with Crippen LogP contribution in [0.25, 0.3) is 10.9 Å². The summed E-state index contributed by atoms with van der Waals surface area (Å²) >= 11 is 0. The molecule has 0 aliphatic carbocycles. The topological polar surface area (TPSA) is 96.9 Å². The van der Waals surface area contributed by atoms with Crippen LogP contribution in [-0.2, 0) is 11.2 Å². The number of aromatic nitrogens is 2. The quantitative estimate of drug-likeness (QED) is 0.682. The number of aromatic amines is 1. The largest absolute Gasteiger partial charge is 0.361 e. The van der Waals surface area contributed by atoms with E-state index in [2.05, 4.69) is 15.5 Å². The molecule has 0 saturated heterocycles. The van der Waals surface area contributed by atoms with Gasteiger partial charge >= 0.3 is 0 Å². The first-order valence-corrected chi connectivity index (χ1v) is 6.68. The first kappa shape index (κ1) is 13.4. The van der Waals surface area contributed by atoms with Gasteiger partial charge in [-0.25, -0.2) is 0 Å². The molecule has 6 nitrogen and oxygen atoms in total. The molecule has 6 heteroatoms. The van der Waals surface area contributed by atoms with E-state index in [0.29, 0.717) is 18.0 Å². The molecule has 4 N–H and O–H groups in total. The number of nitrogens with two attached hydrogens (primary N) is 1. The molecule has 0 saturated carbocycles. The molecule has 3 aromatic rings. The van der Waals surface area contributed by atoms with Gasteiger partial charge in [0.2, 0.25) is 11.8 Å². The van der Waals surface area contributed by atoms with Crippen molar-refractivity contribution in [3.8, 4) is 0 Å². The molecule has 1 unspecified atom stereocenters. The van der Waals surface area contributed by atoms with Crippen molar-refractivity contribution in [2.45, 2.75) is 19.4 Å². The van der Waals surface area contributed by atoms with Crippen molar-refractivity contribution in [3.63, 3.8) is 0 Å². The van der Waals surface area contributed by atoms with Crippen LogP contribution in [0.2, 0.25) is 0 Å². The highest BCUT2D eigenvalue weighted by Gasteiger charge is 2.17. The minimum atomic E-state index is -0.658. The summed E-state index contributed by atoms with van der Waals surface area (Å²) in [6.07, 6.45) is 2.33. The fraction of sp³-hybridized carbons (Fsp3) is 0.200. The Balaban J connectivity index is 1.70. The van der Waals surface area contributed by atoms with Crippen LogP contribution in [0.15, 0.2) is 41.1 Å². The summed E-state index contributed by atoms with van der Waals surface area (Å²) in [5.74, 6) is 0.0170. The average molecular weight is 284 g/mol. The smallest absolute Gasteiger partial charge is 0.244 e. The summed E-state index contributed by atoms with van der Waals surface area (Å²) in [4.78, 5) is 15.2. The van der Waals surface area contributed by atoms with Gasteiger partial charge in [0.05, 0.1) is 11.7 Å². The predicted molar refractivity (Wildman–Crippen MR) is 79.8 cm³/mol. The van der Waals surface area contributed by atoms with Crippen molar-refractivity contribution >= 4 is 22.7 Å². The Kier molecular flexibility index (Phi) is 3.45. The Bertz CT molecular complexity index is 775. The van der Waals surface area contributed by atoms with Crippen molar-refractivity contribution < 1.29 is 9.32 Å². The third kappa shape index (κ3) is 2.80. The molecule has 108 valence electrons. The van der Waals surface area contributed by atoms with Crippen LogP contribution >= 0.6 is 0 Å². The summed E-state index contributed by atoms with van der Waals surface area (Å²) < 4.78 is 4.95. The van der Waals surface area contributed by atoms with E-state index in [1.807, 2.05) is 30.5 Å². The number of rotatable bonds is 4. The molecule has 2 heterocycles. The minimum Gasteiger partial charge on any atom is -0.361 e. The number of benzene rings is 1. The van der Waals surface area contributed by atoms with E-state index in [4.69, 9.17) is 10.3 Å². The molecule has 3 rings (SSSR count). The lowest BCUT2D eigenvalue weighted by molar-refractivity contribution is -0.117. The molecule has 0 fully saturated rings. The average Bonchev–Trinajstić information content (AvgIpc) is 3.06. The standard InChI is InChI=1S/C15H16N4O2/c1-9-6-14(21-19-9)18-15(20)12(16)7-10-8-17-13-5-3-2-4-11(10)13/h2-6,8,12,17H,7,16H2,1H3,(H,18,20). The van der Waals surface area contributed by atoms with Crippen molar-refractivity contribution in [1.82, 2.24) is 10.1 Å². The fourth-order valence-corrected chi connectivity index (χ4v) is 2.27. The second kappa shape index (κ2) is 5.41. The van der Waals surface area contributed by atoms with Gasteiger partial charge in [0.1, 0.15) is 0 Å². The summed E-state index contributed by atoms with van der Waals surface area (Å²) in [5.41, 5.74) is 8.72. The number of hydrogen-bond acceptors (Lipinski definition) is 4. The third-order valence-corrected chi connectivity index (χ3v) is 3.33. The van der Waals surface area contributed by atoms with Gasteiger partial charge in [-0.1, -0.05) is 23.4 Å². The number of para-hydroxylation sites is 1. The lowest BCUT2D eigenvalue weighted by atomic mass is 10.1. The van der Waals surface area contributed by atoms with E-state index in [9.17, 15) is 4.79 Å². The van der Waals surface area contributed by atoms with Gasteiger partial charge in [-0.2, -0.15) is 0 Å². The Hall–Kier alpha value is -2.60. The van der Waals surface area contributed by atoms with Crippen molar-refractivity contribution in [1.29, 1.82) is 0 Å².